The molecule has 1 atom stereocenters. The molecule has 1 heterocycles. The van der Waals surface area contributed by atoms with E-state index in [-0.39, 0.29) is 17.7 Å². The zero-order chi connectivity index (χ0) is 9.68. The number of carbonyl (C=O) groups is 1. The number of nitrogens with zero attached hydrogens (tertiary/aromatic N) is 1. The number of nitriles is 1. The fourth-order valence-corrected chi connectivity index (χ4v) is 0.891. The number of furan rings is 1. The van der Waals surface area contributed by atoms with Crippen molar-refractivity contribution < 1.29 is 9.21 Å². The minimum absolute atomic E-state index is 0.150. The Labute approximate surface area is 76.2 Å². The Morgan fingerprint density at radius 1 is 1.85 bits per heavy atom. The van der Waals surface area contributed by atoms with Crippen LogP contribution in [0.15, 0.2) is 22.8 Å². The average Bonchev–Trinajstić information content (AvgIpc) is 2.55. The number of carbonyl (C=O) groups excluding carboxylic acids is 1. The highest BCUT2D eigenvalue weighted by molar-refractivity contribution is 5.91. The first-order valence-corrected chi connectivity index (χ1v) is 3.95. The van der Waals surface area contributed by atoms with E-state index in [1.807, 2.05) is 6.07 Å². The van der Waals surface area contributed by atoms with Crippen LogP contribution in [0.3, 0.4) is 0 Å². The van der Waals surface area contributed by atoms with Crippen molar-refractivity contribution in [3.05, 3.63) is 24.2 Å². The van der Waals surface area contributed by atoms with Crippen molar-refractivity contribution in [3.8, 4) is 6.07 Å². The Morgan fingerprint density at radius 3 is 3.15 bits per heavy atom. The van der Waals surface area contributed by atoms with E-state index in [9.17, 15) is 4.79 Å². The fraction of sp³-hybridized carbons (Fsp3) is 0.333. The van der Waals surface area contributed by atoms with Gasteiger partial charge < -0.3 is 9.73 Å². The van der Waals surface area contributed by atoms with Crippen molar-refractivity contribution in [1.82, 2.24) is 5.32 Å². The quantitative estimate of drug-likeness (QED) is 0.758. The lowest BCUT2D eigenvalue weighted by atomic mass is 10.2. The van der Waals surface area contributed by atoms with Crippen LogP contribution in [0.1, 0.15) is 23.9 Å². The van der Waals surface area contributed by atoms with Gasteiger partial charge in [-0.15, -0.1) is 0 Å². The summed E-state index contributed by atoms with van der Waals surface area (Å²) in [6.07, 6.45) is 1.73. The van der Waals surface area contributed by atoms with Crippen molar-refractivity contribution in [1.29, 1.82) is 5.26 Å². The molecular weight excluding hydrogens is 168 g/mol. The first kappa shape index (κ1) is 9.33. The molecule has 0 aliphatic rings. The zero-order valence-corrected chi connectivity index (χ0v) is 7.28. The molecule has 0 saturated heterocycles. The normalized spacial score (nSPS) is 11.7. The lowest BCUT2D eigenvalue weighted by molar-refractivity contribution is 0.0913. The summed E-state index contributed by atoms with van der Waals surface area (Å²) in [6, 6.07) is 5.04. The molecule has 0 bridgehead atoms. The van der Waals surface area contributed by atoms with Crippen LogP contribution in [0.5, 0.6) is 0 Å². The van der Waals surface area contributed by atoms with Gasteiger partial charge >= 0.3 is 0 Å². The second-order valence-corrected chi connectivity index (χ2v) is 2.71. The van der Waals surface area contributed by atoms with Crippen LogP contribution in [0.2, 0.25) is 0 Å². The van der Waals surface area contributed by atoms with Crippen molar-refractivity contribution in [3.63, 3.8) is 0 Å². The summed E-state index contributed by atoms with van der Waals surface area (Å²) >= 11 is 0. The molecule has 4 nitrogen and oxygen atoms in total. The number of amides is 1. The molecule has 4 heteroatoms. The molecule has 0 saturated carbocycles. The first-order chi connectivity index (χ1) is 6.24. The van der Waals surface area contributed by atoms with E-state index in [1.165, 1.54) is 6.26 Å². The van der Waals surface area contributed by atoms with Crippen LogP contribution in [0, 0.1) is 11.3 Å². The highest BCUT2D eigenvalue weighted by atomic mass is 16.3. The summed E-state index contributed by atoms with van der Waals surface area (Å²) in [4.78, 5) is 11.3. The maximum absolute atomic E-state index is 11.3. The summed E-state index contributed by atoms with van der Waals surface area (Å²) < 4.78 is 4.88. The predicted molar refractivity (Wildman–Crippen MR) is 45.9 cm³/mol. The summed E-state index contributed by atoms with van der Waals surface area (Å²) in [7, 11) is 0. The maximum atomic E-state index is 11.3. The van der Waals surface area contributed by atoms with Gasteiger partial charge in [0.15, 0.2) is 5.76 Å². The highest BCUT2D eigenvalue weighted by Gasteiger charge is 2.10. The van der Waals surface area contributed by atoms with Crippen molar-refractivity contribution in [2.24, 2.45) is 0 Å². The van der Waals surface area contributed by atoms with E-state index in [0.29, 0.717) is 6.42 Å². The second-order valence-electron chi connectivity index (χ2n) is 2.71. The first-order valence-electron chi connectivity index (χ1n) is 3.95. The van der Waals surface area contributed by atoms with E-state index in [1.54, 1.807) is 19.1 Å². The number of hydrogen-bond donors (Lipinski definition) is 1. The van der Waals surface area contributed by atoms with E-state index in [4.69, 9.17) is 9.68 Å². The molecule has 13 heavy (non-hydrogen) atoms. The minimum atomic E-state index is -0.284. The number of nitrogens with one attached hydrogen (secondary N) is 1. The highest BCUT2D eigenvalue weighted by Crippen LogP contribution is 2.00. The van der Waals surface area contributed by atoms with Crippen LogP contribution < -0.4 is 5.32 Å². The van der Waals surface area contributed by atoms with Gasteiger partial charge in [-0.1, -0.05) is 0 Å². The van der Waals surface area contributed by atoms with Crippen LogP contribution in [-0.4, -0.2) is 11.9 Å². The molecule has 0 spiro atoms. The summed E-state index contributed by atoms with van der Waals surface area (Å²) in [5.74, 6) is -0.0162. The predicted octanol–water partition coefficient (Wildman–Crippen LogP) is 1.31. The van der Waals surface area contributed by atoms with Gasteiger partial charge in [-0.2, -0.15) is 5.26 Å². The second kappa shape index (κ2) is 4.31. The zero-order valence-electron chi connectivity index (χ0n) is 7.28. The van der Waals surface area contributed by atoms with Crippen LogP contribution in [-0.2, 0) is 0 Å². The summed E-state index contributed by atoms with van der Waals surface area (Å²) in [5, 5.41) is 11.0. The number of hydrogen-bond acceptors (Lipinski definition) is 3. The smallest absolute Gasteiger partial charge is 0.287 e. The third-order valence-electron chi connectivity index (χ3n) is 1.52. The standard InChI is InChI=1S/C9H10N2O2/c1-7(4-5-10)11-9(12)8-3-2-6-13-8/h2-3,6-7H,4H2,1H3,(H,11,12). The molecule has 0 aromatic carbocycles. The molecule has 1 aromatic rings. The van der Waals surface area contributed by atoms with Gasteiger partial charge in [0.05, 0.1) is 18.8 Å². The molecular formula is C9H10N2O2. The van der Waals surface area contributed by atoms with E-state index < -0.39 is 0 Å². The Morgan fingerprint density at radius 2 is 2.62 bits per heavy atom. The van der Waals surface area contributed by atoms with E-state index >= 15 is 0 Å². The van der Waals surface area contributed by atoms with Gasteiger partial charge in [0.25, 0.3) is 5.91 Å². The van der Waals surface area contributed by atoms with Crippen LogP contribution >= 0.6 is 0 Å². The number of rotatable bonds is 3. The Hall–Kier alpha value is -1.76. The SMILES string of the molecule is CC(CC#N)NC(=O)c1ccco1. The average molecular weight is 178 g/mol. The van der Waals surface area contributed by atoms with Crippen LogP contribution in [0.25, 0.3) is 0 Å². The summed E-state index contributed by atoms with van der Waals surface area (Å²) in [6.45, 7) is 1.77. The lowest BCUT2D eigenvalue weighted by Gasteiger charge is -2.07. The molecule has 1 unspecified atom stereocenters. The molecule has 1 N–H and O–H groups in total. The van der Waals surface area contributed by atoms with Crippen LogP contribution in [0.4, 0.5) is 0 Å². The molecule has 0 radical (unpaired) electrons. The Bertz CT molecular complexity index is 311. The van der Waals surface area contributed by atoms with Gasteiger partial charge in [0, 0.05) is 6.04 Å². The van der Waals surface area contributed by atoms with Crippen molar-refractivity contribution in [2.45, 2.75) is 19.4 Å². The summed E-state index contributed by atoms with van der Waals surface area (Å²) in [5.41, 5.74) is 0. The lowest BCUT2D eigenvalue weighted by Crippen LogP contribution is -2.31. The fourth-order valence-electron chi connectivity index (χ4n) is 0.891. The molecule has 0 aliphatic heterocycles. The largest absolute Gasteiger partial charge is 0.459 e. The maximum Gasteiger partial charge on any atom is 0.287 e. The van der Waals surface area contributed by atoms with E-state index in [0.717, 1.165) is 0 Å². The van der Waals surface area contributed by atoms with Gasteiger partial charge in [-0.05, 0) is 19.1 Å². The van der Waals surface area contributed by atoms with Gasteiger partial charge in [-0.25, -0.2) is 0 Å². The molecule has 0 fully saturated rings. The molecule has 0 aliphatic carbocycles. The van der Waals surface area contributed by atoms with E-state index in [2.05, 4.69) is 5.32 Å². The molecule has 68 valence electrons. The third kappa shape index (κ3) is 2.64. The van der Waals surface area contributed by atoms with Gasteiger partial charge in [0.1, 0.15) is 0 Å². The minimum Gasteiger partial charge on any atom is -0.459 e. The molecule has 1 rings (SSSR count). The monoisotopic (exact) mass is 178 g/mol. The van der Waals surface area contributed by atoms with Gasteiger partial charge in [-0.3, -0.25) is 4.79 Å². The Kier molecular flexibility index (Phi) is 3.09. The van der Waals surface area contributed by atoms with Crippen molar-refractivity contribution in [2.75, 3.05) is 0 Å². The molecule has 1 amide bonds. The van der Waals surface area contributed by atoms with Crippen molar-refractivity contribution >= 4 is 5.91 Å². The third-order valence-corrected chi connectivity index (χ3v) is 1.52. The van der Waals surface area contributed by atoms with Gasteiger partial charge in [0.2, 0.25) is 0 Å². The molecule has 1 aromatic heterocycles. The Balaban J connectivity index is 2.48. The topological polar surface area (TPSA) is 66.0 Å².